The van der Waals surface area contributed by atoms with Crippen LogP contribution in [0.4, 0.5) is 5.69 Å². The monoisotopic (exact) mass is 355 g/mol. The molecule has 2 aromatic carbocycles. The minimum absolute atomic E-state index is 0.119. The van der Waals surface area contributed by atoms with E-state index in [-0.39, 0.29) is 5.91 Å². The maximum absolute atomic E-state index is 12.2. The lowest BCUT2D eigenvalue weighted by Crippen LogP contribution is -2.36. The first-order valence-electron chi connectivity index (χ1n) is 8.23. The Balaban J connectivity index is 1.55. The largest absolute Gasteiger partial charge is 0.389 e. The maximum atomic E-state index is 12.2. The molecule has 1 saturated heterocycles. The Hall–Kier alpha value is -2.44. The van der Waals surface area contributed by atoms with E-state index in [4.69, 9.17) is 22.7 Å². The van der Waals surface area contributed by atoms with Gasteiger partial charge in [0, 0.05) is 36.4 Å². The van der Waals surface area contributed by atoms with Crippen molar-refractivity contribution in [3.8, 4) is 0 Å². The molecule has 1 amide bonds. The van der Waals surface area contributed by atoms with Crippen LogP contribution in [0.5, 0.6) is 0 Å². The Bertz CT molecular complexity index is 738. The lowest BCUT2D eigenvalue weighted by atomic mass is 10.1. The average Bonchev–Trinajstić information content (AvgIpc) is 2.67. The summed E-state index contributed by atoms with van der Waals surface area (Å²) in [4.78, 5) is 14.8. The van der Waals surface area contributed by atoms with Crippen molar-refractivity contribution >= 4 is 28.8 Å². The number of rotatable bonds is 5. The second kappa shape index (κ2) is 8.09. The van der Waals surface area contributed by atoms with Crippen LogP contribution in [-0.4, -0.2) is 37.2 Å². The summed E-state index contributed by atoms with van der Waals surface area (Å²) in [6, 6.07) is 15.2. The van der Waals surface area contributed by atoms with Crippen molar-refractivity contribution in [1.29, 1.82) is 0 Å². The van der Waals surface area contributed by atoms with Gasteiger partial charge in [0.2, 0.25) is 0 Å². The first-order chi connectivity index (χ1) is 12.1. The number of benzene rings is 2. The molecule has 1 aliphatic rings. The van der Waals surface area contributed by atoms with E-state index >= 15 is 0 Å². The van der Waals surface area contributed by atoms with Crippen molar-refractivity contribution in [2.45, 2.75) is 6.54 Å². The predicted octanol–water partition coefficient (Wildman–Crippen LogP) is 2.09. The molecule has 0 spiro atoms. The average molecular weight is 355 g/mol. The van der Waals surface area contributed by atoms with Crippen molar-refractivity contribution < 1.29 is 9.53 Å². The third kappa shape index (κ3) is 4.55. The number of nitrogens with two attached hydrogens (primary N) is 1. The molecule has 6 heteroatoms. The number of hydrogen-bond acceptors (Lipinski definition) is 4. The van der Waals surface area contributed by atoms with Crippen LogP contribution >= 0.6 is 12.2 Å². The summed E-state index contributed by atoms with van der Waals surface area (Å²) in [7, 11) is 0. The smallest absolute Gasteiger partial charge is 0.251 e. The molecule has 1 aliphatic heterocycles. The SMILES string of the molecule is NC(=S)c1ccc(C(=O)NCc2ccc(N3CCOCC3)cc2)cc1. The topological polar surface area (TPSA) is 67.6 Å². The zero-order chi connectivity index (χ0) is 17.6. The van der Waals surface area contributed by atoms with E-state index < -0.39 is 0 Å². The molecule has 3 N–H and O–H groups in total. The first kappa shape index (κ1) is 17.4. The highest BCUT2D eigenvalue weighted by molar-refractivity contribution is 7.80. The summed E-state index contributed by atoms with van der Waals surface area (Å²) in [6.07, 6.45) is 0. The molecule has 0 saturated carbocycles. The van der Waals surface area contributed by atoms with Gasteiger partial charge in [0.25, 0.3) is 5.91 Å². The highest BCUT2D eigenvalue weighted by Gasteiger charge is 2.11. The van der Waals surface area contributed by atoms with Crippen LogP contribution < -0.4 is 16.0 Å². The maximum Gasteiger partial charge on any atom is 0.251 e. The minimum Gasteiger partial charge on any atom is -0.389 e. The predicted molar refractivity (Wildman–Crippen MR) is 103 cm³/mol. The molecule has 3 rings (SSSR count). The van der Waals surface area contributed by atoms with Gasteiger partial charge in [-0.15, -0.1) is 0 Å². The number of anilines is 1. The highest BCUT2D eigenvalue weighted by atomic mass is 32.1. The van der Waals surface area contributed by atoms with Crippen molar-refractivity contribution in [2.24, 2.45) is 5.73 Å². The molecule has 1 fully saturated rings. The number of thiocarbonyl (C=S) groups is 1. The molecule has 0 atom stereocenters. The Morgan fingerprint density at radius 3 is 2.24 bits per heavy atom. The van der Waals surface area contributed by atoms with Crippen LogP contribution in [0.1, 0.15) is 21.5 Å². The van der Waals surface area contributed by atoms with E-state index in [1.165, 1.54) is 5.69 Å². The molecule has 0 radical (unpaired) electrons. The third-order valence-electron chi connectivity index (χ3n) is 4.20. The van der Waals surface area contributed by atoms with E-state index in [1.807, 2.05) is 12.1 Å². The lowest BCUT2D eigenvalue weighted by molar-refractivity contribution is 0.0951. The number of carbonyl (C=O) groups excluding carboxylic acids is 1. The molecule has 5 nitrogen and oxygen atoms in total. The molecule has 0 aliphatic carbocycles. The fourth-order valence-electron chi connectivity index (χ4n) is 2.72. The fraction of sp³-hybridized carbons (Fsp3) is 0.263. The molecule has 2 aromatic rings. The van der Waals surface area contributed by atoms with Crippen molar-refractivity contribution in [3.05, 3.63) is 65.2 Å². The van der Waals surface area contributed by atoms with Gasteiger partial charge < -0.3 is 20.7 Å². The second-order valence-corrected chi connectivity index (χ2v) is 6.33. The zero-order valence-electron chi connectivity index (χ0n) is 13.9. The molecular formula is C19H21N3O2S. The number of ether oxygens (including phenoxy) is 1. The molecule has 0 bridgehead atoms. The number of carbonyl (C=O) groups is 1. The van der Waals surface area contributed by atoms with E-state index in [0.717, 1.165) is 37.4 Å². The summed E-state index contributed by atoms with van der Waals surface area (Å²) >= 11 is 4.91. The summed E-state index contributed by atoms with van der Waals surface area (Å²) in [5.74, 6) is -0.119. The van der Waals surface area contributed by atoms with Crippen LogP contribution in [0.25, 0.3) is 0 Å². The van der Waals surface area contributed by atoms with Gasteiger partial charge in [-0.2, -0.15) is 0 Å². The summed E-state index contributed by atoms with van der Waals surface area (Å²) in [5.41, 5.74) is 9.15. The standard InChI is InChI=1S/C19H21N3O2S/c20-18(25)15-3-5-16(6-4-15)19(23)21-13-14-1-7-17(8-2-14)22-9-11-24-12-10-22/h1-8H,9-13H2,(H2,20,25)(H,21,23). The minimum atomic E-state index is -0.119. The third-order valence-corrected chi connectivity index (χ3v) is 4.43. The van der Waals surface area contributed by atoms with E-state index in [1.54, 1.807) is 24.3 Å². The number of nitrogens with one attached hydrogen (secondary N) is 1. The fourth-order valence-corrected chi connectivity index (χ4v) is 2.85. The first-order valence-corrected chi connectivity index (χ1v) is 8.64. The zero-order valence-corrected chi connectivity index (χ0v) is 14.7. The molecular weight excluding hydrogens is 334 g/mol. The van der Waals surface area contributed by atoms with E-state index in [9.17, 15) is 4.79 Å². The number of morpholine rings is 1. The van der Waals surface area contributed by atoms with Crippen LogP contribution in [0.15, 0.2) is 48.5 Å². The molecule has 130 valence electrons. The summed E-state index contributed by atoms with van der Waals surface area (Å²) in [6.45, 7) is 3.85. The van der Waals surface area contributed by atoms with Crippen molar-refractivity contribution in [1.82, 2.24) is 5.32 Å². The van der Waals surface area contributed by atoms with Crippen LogP contribution in [-0.2, 0) is 11.3 Å². The number of amides is 1. The van der Waals surface area contributed by atoms with Gasteiger partial charge >= 0.3 is 0 Å². The Morgan fingerprint density at radius 1 is 1.04 bits per heavy atom. The Labute approximate surface area is 152 Å². The highest BCUT2D eigenvalue weighted by Crippen LogP contribution is 2.16. The van der Waals surface area contributed by atoms with Gasteiger partial charge in [-0.3, -0.25) is 4.79 Å². The van der Waals surface area contributed by atoms with Crippen LogP contribution in [0.3, 0.4) is 0 Å². The Kier molecular flexibility index (Phi) is 5.63. The van der Waals surface area contributed by atoms with Gasteiger partial charge in [-0.1, -0.05) is 36.5 Å². The van der Waals surface area contributed by atoms with Crippen molar-refractivity contribution in [2.75, 3.05) is 31.2 Å². The number of hydrogen-bond donors (Lipinski definition) is 2. The lowest BCUT2D eigenvalue weighted by Gasteiger charge is -2.28. The van der Waals surface area contributed by atoms with Gasteiger partial charge in [-0.25, -0.2) is 0 Å². The normalized spacial score (nSPS) is 14.2. The quantitative estimate of drug-likeness (QED) is 0.804. The van der Waals surface area contributed by atoms with Crippen LogP contribution in [0, 0.1) is 0 Å². The second-order valence-electron chi connectivity index (χ2n) is 5.89. The summed E-state index contributed by atoms with van der Waals surface area (Å²) < 4.78 is 5.37. The molecule has 25 heavy (non-hydrogen) atoms. The van der Waals surface area contributed by atoms with Crippen molar-refractivity contribution in [3.63, 3.8) is 0 Å². The van der Waals surface area contributed by atoms with Crippen LogP contribution in [0.2, 0.25) is 0 Å². The van der Waals surface area contributed by atoms with Gasteiger partial charge in [0.1, 0.15) is 4.99 Å². The van der Waals surface area contributed by atoms with E-state index in [0.29, 0.717) is 17.1 Å². The van der Waals surface area contributed by atoms with Gasteiger partial charge in [0.15, 0.2) is 0 Å². The van der Waals surface area contributed by atoms with Gasteiger partial charge in [-0.05, 0) is 29.8 Å². The molecule has 1 heterocycles. The molecule has 0 unspecified atom stereocenters. The summed E-state index contributed by atoms with van der Waals surface area (Å²) in [5, 5.41) is 2.93. The Morgan fingerprint density at radius 2 is 1.64 bits per heavy atom. The number of nitrogens with zero attached hydrogens (tertiary/aromatic N) is 1. The van der Waals surface area contributed by atoms with E-state index in [2.05, 4.69) is 22.3 Å². The van der Waals surface area contributed by atoms with Gasteiger partial charge in [0.05, 0.1) is 13.2 Å². The molecule has 0 aromatic heterocycles.